The van der Waals surface area contributed by atoms with Crippen molar-refractivity contribution in [2.24, 2.45) is 0 Å². The van der Waals surface area contributed by atoms with Crippen LogP contribution in [0.3, 0.4) is 0 Å². The van der Waals surface area contributed by atoms with Crippen molar-refractivity contribution in [1.82, 2.24) is 9.97 Å². The number of morpholine rings is 1. The van der Waals surface area contributed by atoms with E-state index >= 15 is 0 Å². The molecule has 2 N–H and O–H groups in total. The van der Waals surface area contributed by atoms with E-state index in [0.29, 0.717) is 46.9 Å². The van der Waals surface area contributed by atoms with Crippen molar-refractivity contribution in [1.29, 1.82) is 0 Å². The summed E-state index contributed by atoms with van der Waals surface area (Å²) < 4.78 is 50.2. The number of urea groups is 1. The molecule has 2 amide bonds. The van der Waals surface area contributed by atoms with Crippen LogP contribution in [-0.2, 0) is 10.9 Å². The first-order valence-electron chi connectivity index (χ1n) is 11.7. The molecule has 0 saturated carbocycles. The van der Waals surface area contributed by atoms with Crippen molar-refractivity contribution in [3.63, 3.8) is 0 Å². The van der Waals surface area contributed by atoms with Gasteiger partial charge in [-0.05, 0) is 42.5 Å². The van der Waals surface area contributed by atoms with Crippen LogP contribution in [0, 0.1) is 0 Å². The Balaban J connectivity index is 1.30. The number of fused-ring (bicyclic) bond motifs is 1. The Kier molecular flexibility index (Phi) is 7.06. The molecule has 12 heteroatoms. The van der Waals surface area contributed by atoms with Crippen LogP contribution in [0.1, 0.15) is 5.56 Å². The number of anilines is 3. The lowest BCUT2D eigenvalue weighted by Gasteiger charge is -2.27. The summed E-state index contributed by atoms with van der Waals surface area (Å²) in [5, 5.41) is 4.94. The normalized spacial score (nSPS) is 13.8. The predicted octanol–water partition coefficient (Wildman–Crippen LogP) is 4.72. The average Bonchev–Trinajstić information content (AvgIpc) is 2.88. The van der Waals surface area contributed by atoms with E-state index in [-0.39, 0.29) is 5.69 Å². The number of nitrogens with one attached hydrogen (secondary N) is 2. The number of halogens is 3. The molecule has 192 valence electrons. The van der Waals surface area contributed by atoms with Crippen LogP contribution >= 0.6 is 0 Å². The maximum atomic E-state index is 12.9. The molecule has 5 rings (SSSR count). The van der Waals surface area contributed by atoms with Crippen molar-refractivity contribution in [3.05, 3.63) is 72.4 Å². The Morgan fingerprint density at radius 3 is 2.53 bits per heavy atom. The molecule has 1 fully saturated rings. The highest BCUT2D eigenvalue weighted by molar-refractivity contribution is 6.32. The zero-order chi connectivity index (χ0) is 26.7. The van der Waals surface area contributed by atoms with E-state index in [9.17, 15) is 18.0 Å². The summed E-state index contributed by atoms with van der Waals surface area (Å²) in [5.74, 6) is 1.58. The SMILES string of the molecule is [B]c1cc(NC(=O)Nc2cccc(C(F)(F)F)c2)cc(Oc2ccc3ncc(N4CCOCC4)nc3c2)c1. The van der Waals surface area contributed by atoms with E-state index in [1.165, 1.54) is 18.2 Å². The summed E-state index contributed by atoms with van der Waals surface area (Å²) in [6.07, 6.45) is -2.79. The van der Waals surface area contributed by atoms with Crippen molar-refractivity contribution >= 4 is 47.6 Å². The molecular formula is C26H21BF3N5O3. The van der Waals surface area contributed by atoms with Gasteiger partial charge in [0.2, 0.25) is 0 Å². The largest absolute Gasteiger partial charge is 0.457 e. The minimum Gasteiger partial charge on any atom is -0.457 e. The first-order chi connectivity index (χ1) is 18.2. The highest BCUT2D eigenvalue weighted by atomic mass is 19.4. The van der Waals surface area contributed by atoms with E-state index in [2.05, 4.69) is 20.5 Å². The third-order valence-corrected chi connectivity index (χ3v) is 5.71. The lowest BCUT2D eigenvalue weighted by atomic mass is 9.95. The van der Waals surface area contributed by atoms with Gasteiger partial charge in [-0.1, -0.05) is 11.5 Å². The molecule has 1 aliphatic heterocycles. The van der Waals surface area contributed by atoms with Crippen LogP contribution in [0.15, 0.2) is 66.9 Å². The van der Waals surface area contributed by atoms with Crippen molar-refractivity contribution in [3.8, 4) is 11.5 Å². The summed E-state index contributed by atoms with van der Waals surface area (Å²) in [5.41, 5.74) is 1.08. The fraction of sp³-hybridized carbons (Fsp3) is 0.192. The second-order valence-corrected chi connectivity index (χ2v) is 8.53. The zero-order valence-electron chi connectivity index (χ0n) is 20.0. The molecule has 0 atom stereocenters. The van der Waals surface area contributed by atoms with Gasteiger partial charge in [0.25, 0.3) is 0 Å². The van der Waals surface area contributed by atoms with Crippen molar-refractivity contribution in [2.45, 2.75) is 6.18 Å². The van der Waals surface area contributed by atoms with Crippen LogP contribution in [0.25, 0.3) is 11.0 Å². The van der Waals surface area contributed by atoms with Crippen LogP contribution in [0.5, 0.6) is 11.5 Å². The molecule has 3 aromatic carbocycles. The van der Waals surface area contributed by atoms with Gasteiger partial charge in [-0.2, -0.15) is 13.2 Å². The Hall–Kier alpha value is -4.32. The fourth-order valence-corrected chi connectivity index (χ4v) is 3.95. The number of rotatable bonds is 5. The average molecular weight is 519 g/mol. The minimum absolute atomic E-state index is 0.00794. The van der Waals surface area contributed by atoms with E-state index in [1.54, 1.807) is 36.5 Å². The number of aromatic nitrogens is 2. The Morgan fingerprint density at radius 1 is 0.947 bits per heavy atom. The van der Waals surface area contributed by atoms with Gasteiger partial charge in [-0.25, -0.2) is 9.78 Å². The van der Waals surface area contributed by atoms with E-state index in [4.69, 9.17) is 22.3 Å². The summed E-state index contributed by atoms with van der Waals surface area (Å²) in [6.45, 7) is 2.73. The van der Waals surface area contributed by atoms with Gasteiger partial charge in [0, 0.05) is 36.6 Å². The van der Waals surface area contributed by atoms with Crippen molar-refractivity contribution in [2.75, 3.05) is 41.8 Å². The molecule has 0 aliphatic carbocycles. The smallest absolute Gasteiger partial charge is 0.416 e. The lowest BCUT2D eigenvalue weighted by Crippen LogP contribution is -2.36. The van der Waals surface area contributed by atoms with E-state index in [1.807, 2.05) is 0 Å². The molecular weight excluding hydrogens is 498 g/mol. The van der Waals surface area contributed by atoms with Gasteiger partial charge in [0.15, 0.2) is 0 Å². The molecule has 0 spiro atoms. The van der Waals surface area contributed by atoms with Crippen LogP contribution < -0.4 is 25.7 Å². The number of amides is 2. The zero-order valence-corrected chi connectivity index (χ0v) is 20.0. The molecule has 0 bridgehead atoms. The van der Waals surface area contributed by atoms with Gasteiger partial charge in [0.1, 0.15) is 25.2 Å². The van der Waals surface area contributed by atoms with Gasteiger partial charge in [-0.15, -0.1) is 0 Å². The molecule has 1 aliphatic rings. The Bertz CT molecular complexity index is 1480. The van der Waals surface area contributed by atoms with Gasteiger partial charge < -0.3 is 25.0 Å². The lowest BCUT2D eigenvalue weighted by molar-refractivity contribution is -0.137. The van der Waals surface area contributed by atoms with Crippen molar-refractivity contribution < 1.29 is 27.4 Å². The van der Waals surface area contributed by atoms with Crippen LogP contribution in [0.4, 0.5) is 35.2 Å². The fourth-order valence-electron chi connectivity index (χ4n) is 3.95. The second kappa shape index (κ2) is 10.6. The predicted molar refractivity (Wildman–Crippen MR) is 139 cm³/mol. The molecule has 8 nitrogen and oxygen atoms in total. The summed E-state index contributed by atoms with van der Waals surface area (Å²) in [4.78, 5) is 23.7. The molecule has 38 heavy (non-hydrogen) atoms. The minimum atomic E-state index is -4.52. The molecule has 2 heterocycles. The third-order valence-electron chi connectivity index (χ3n) is 5.71. The first kappa shape index (κ1) is 25.3. The molecule has 4 aromatic rings. The number of hydrogen-bond acceptors (Lipinski definition) is 6. The number of hydrogen-bond donors (Lipinski definition) is 2. The van der Waals surface area contributed by atoms with Gasteiger partial charge in [0.05, 0.1) is 36.0 Å². The Morgan fingerprint density at radius 2 is 1.74 bits per heavy atom. The monoisotopic (exact) mass is 519 g/mol. The number of carbonyl (C=O) groups excluding carboxylic acids is 1. The van der Waals surface area contributed by atoms with Gasteiger partial charge in [-0.3, -0.25) is 4.98 Å². The molecule has 0 unspecified atom stereocenters. The highest BCUT2D eigenvalue weighted by Gasteiger charge is 2.30. The highest BCUT2D eigenvalue weighted by Crippen LogP contribution is 2.31. The second-order valence-electron chi connectivity index (χ2n) is 8.53. The molecule has 1 aromatic heterocycles. The number of carbonyl (C=O) groups is 1. The Labute approximate surface area is 217 Å². The molecule has 2 radical (unpaired) electrons. The first-order valence-corrected chi connectivity index (χ1v) is 11.7. The quantitative estimate of drug-likeness (QED) is 0.372. The number of alkyl halides is 3. The summed E-state index contributed by atoms with van der Waals surface area (Å²) in [7, 11) is 5.99. The van der Waals surface area contributed by atoms with E-state index in [0.717, 1.165) is 31.0 Å². The topological polar surface area (TPSA) is 88.6 Å². The maximum absolute atomic E-state index is 12.9. The van der Waals surface area contributed by atoms with E-state index < -0.39 is 17.8 Å². The van der Waals surface area contributed by atoms with Crippen LogP contribution in [-0.4, -0.2) is 50.1 Å². The number of nitrogens with zero attached hydrogens (tertiary/aromatic N) is 3. The van der Waals surface area contributed by atoms with Gasteiger partial charge >= 0.3 is 12.2 Å². The number of ether oxygens (including phenoxy) is 2. The number of benzene rings is 3. The van der Waals surface area contributed by atoms with Crippen LogP contribution in [0.2, 0.25) is 0 Å². The third kappa shape index (κ3) is 6.14. The summed E-state index contributed by atoms with van der Waals surface area (Å²) in [6, 6.07) is 13.5. The summed E-state index contributed by atoms with van der Waals surface area (Å²) >= 11 is 0. The molecule has 1 saturated heterocycles. The standard InChI is InChI=1S/C26H21BF3N5O3/c27-17-11-19(33-25(36)32-18-3-1-2-16(10-18)26(28,29)30)13-21(12-17)38-20-4-5-22-23(14-20)34-24(15-31-22)35-6-8-37-9-7-35/h1-5,10-15H,6-9H2,(H2,32,33,36). The maximum Gasteiger partial charge on any atom is 0.416 e.